The molecule has 0 bridgehead atoms. The molecular formula is C16H26O2. The van der Waals surface area contributed by atoms with Crippen molar-refractivity contribution in [3.63, 3.8) is 0 Å². The van der Waals surface area contributed by atoms with Gasteiger partial charge < -0.3 is 10.2 Å². The summed E-state index contributed by atoms with van der Waals surface area (Å²) in [5.74, 6) is 0. The smallest absolute Gasteiger partial charge is 0.0872 e. The van der Waals surface area contributed by atoms with Gasteiger partial charge >= 0.3 is 0 Å². The van der Waals surface area contributed by atoms with Gasteiger partial charge in [-0.25, -0.2) is 0 Å². The van der Waals surface area contributed by atoms with Crippen LogP contribution in [0.25, 0.3) is 0 Å². The van der Waals surface area contributed by atoms with Crippen LogP contribution in [0.3, 0.4) is 0 Å². The third kappa shape index (κ3) is 3.56. The number of rotatable bonds is 4. The maximum absolute atomic E-state index is 10.6. The minimum Gasteiger partial charge on any atom is -0.396 e. The van der Waals surface area contributed by atoms with Crippen molar-refractivity contribution in [2.24, 2.45) is 0 Å². The van der Waals surface area contributed by atoms with Crippen LogP contribution in [0.15, 0.2) is 18.2 Å². The van der Waals surface area contributed by atoms with Gasteiger partial charge in [0.25, 0.3) is 0 Å². The van der Waals surface area contributed by atoms with Crippen LogP contribution in [0.2, 0.25) is 0 Å². The molecule has 0 aliphatic rings. The van der Waals surface area contributed by atoms with Gasteiger partial charge in [-0.3, -0.25) is 0 Å². The summed E-state index contributed by atoms with van der Waals surface area (Å²) in [6.07, 6.45) is 1.20. The van der Waals surface area contributed by atoms with E-state index in [1.807, 2.05) is 13.8 Å². The van der Waals surface area contributed by atoms with Crippen LogP contribution < -0.4 is 0 Å². The molecule has 0 spiro atoms. The summed E-state index contributed by atoms with van der Waals surface area (Å²) in [5, 5.41) is 19.5. The Kier molecular flexibility index (Phi) is 4.57. The highest BCUT2D eigenvalue weighted by molar-refractivity contribution is 5.37. The largest absolute Gasteiger partial charge is 0.396 e. The van der Waals surface area contributed by atoms with Crippen LogP contribution in [0, 0.1) is 6.92 Å². The van der Waals surface area contributed by atoms with Crippen LogP contribution in [0.1, 0.15) is 57.2 Å². The van der Waals surface area contributed by atoms with Gasteiger partial charge in [-0.05, 0) is 48.8 Å². The van der Waals surface area contributed by atoms with Crippen molar-refractivity contribution in [3.05, 3.63) is 34.9 Å². The molecule has 0 aliphatic heterocycles. The zero-order valence-electron chi connectivity index (χ0n) is 12.2. The van der Waals surface area contributed by atoms with Crippen molar-refractivity contribution in [1.29, 1.82) is 0 Å². The molecule has 0 fully saturated rings. The van der Waals surface area contributed by atoms with E-state index in [1.54, 1.807) is 0 Å². The van der Waals surface area contributed by atoms with E-state index in [-0.39, 0.29) is 12.0 Å². The van der Waals surface area contributed by atoms with Crippen molar-refractivity contribution in [3.8, 4) is 0 Å². The average Bonchev–Trinajstić information content (AvgIpc) is 2.25. The van der Waals surface area contributed by atoms with E-state index in [0.29, 0.717) is 12.8 Å². The summed E-state index contributed by atoms with van der Waals surface area (Å²) in [5.41, 5.74) is 2.52. The van der Waals surface area contributed by atoms with Gasteiger partial charge in [0.2, 0.25) is 0 Å². The molecule has 0 amide bonds. The van der Waals surface area contributed by atoms with E-state index >= 15 is 0 Å². The number of aryl methyl sites for hydroxylation is 1. The molecule has 1 rings (SSSR count). The quantitative estimate of drug-likeness (QED) is 0.861. The fourth-order valence-corrected chi connectivity index (χ4v) is 2.23. The summed E-state index contributed by atoms with van der Waals surface area (Å²) in [6.45, 7) is 10.5. The normalized spacial score (nSPS) is 15.5. The standard InChI is InChI=1S/C16H26O2/c1-12-7-8-13(15(2,3)4)11-14(12)16(5,18)9-6-10-17/h7-8,11,17-18H,6,9-10H2,1-5H3. The van der Waals surface area contributed by atoms with Crippen molar-refractivity contribution in [2.45, 2.75) is 58.5 Å². The number of aliphatic hydroxyl groups is 2. The first-order valence-electron chi connectivity index (χ1n) is 6.63. The first kappa shape index (κ1) is 15.2. The summed E-state index contributed by atoms with van der Waals surface area (Å²) in [4.78, 5) is 0. The number of hydrogen-bond acceptors (Lipinski definition) is 2. The predicted molar refractivity (Wildman–Crippen MR) is 75.8 cm³/mol. The topological polar surface area (TPSA) is 40.5 Å². The maximum atomic E-state index is 10.6. The van der Waals surface area contributed by atoms with E-state index in [0.717, 1.165) is 11.1 Å². The van der Waals surface area contributed by atoms with Gasteiger partial charge in [-0.15, -0.1) is 0 Å². The maximum Gasteiger partial charge on any atom is 0.0872 e. The Balaban J connectivity index is 3.15. The van der Waals surface area contributed by atoms with E-state index in [9.17, 15) is 5.11 Å². The second kappa shape index (κ2) is 5.41. The molecule has 1 unspecified atom stereocenters. The van der Waals surface area contributed by atoms with Gasteiger partial charge in [-0.1, -0.05) is 39.0 Å². The Bertz CT molecular complexity index is 400. The second-order valence-corrected chi connectivity index (χ2v) is 6.38. The minimum absolute atomic E-state index is 0.0789. The second-order valence-electron chi connectivity index (χ2n) is 6.38. The number of aliphatic hydroxyl groups excluding tert-OH is 1. The summed E-state index contributed by atoms with van der Waals surface area (Å²) >= 11 is 0. The molecule has 0 heterocycles. The minimum atomic E-state index is -0.867. The fraction of sp³-hybridized carbons (Fsp3) is 0.625. The average molecular weight is 250 g/mol. The van der Waals surface area contributed by atoms with Crippen LogP contribution in [0.5, 0.6) is 0 Å². The molecular weight excluding hydrogens is 224 g/mol. The molecule has 0 radical (unpaired) electrons. The van der Waals surface area contributed by atoms with Crippen LogP contribution in [-0.4, -0.2) is 16.8 Å². The Morgan fingerprint density at radius 2 is 1.72 bits per heavy atom. The summed E-state index contributed by atoms with van der Waals surface area (Å²) in [7, 11) is 0. The highest BCUT2D eigenvalue weighted by atomic mass is 16.3. The molecule has 0 aliphatic carbocycles. The van der Waals surface area contributed by atoms with E-state index in [2.05, 4.69) is 39.0 Å². The van der Waals surface area contributed by atoms with Gasteiger partial charge in [0.05, 0.1) is 5.60 Å². The fourth-order valence-electron chi connectivity index (χ4n) is 2.23. The Morgan fingerprint density at radius 3 is 2.22 bits per heavy atom. The summed E-state index contributed by atoms with van der Waals surface area (Å²) < 4.78 is 0. The van der Waals surface area contributed by atoms with Crippen LogP contribution in [0.4, 0.5) is 0 Å². The molecule has 1 aromatic rings. The van der Waals surface area contributed by atoms with E-state index < -0.39 is 5.60 Å². The first-order chi connectivity index (χ1) is 8.18. The molecule has 2 nitrogen and oxygen atoms in total. The molecule has 18 heavy (non-hydrogen) atoms. The van der Waals surface area contributed by atoms with Gasteiger partial charge in [0.1, 0.15) is 0 Å². The third-order valence-corrected chi connectivity index (χ3v) is 3.51. The van der Waals surface area contributed by atoms with Crippen molar-refractivity contribution in [2.75, 3.05) is 6.61 Å². The van der Waals surface area contributed by atoms with Gasteiger partial charge in [0.15, 0.2) is 0 Å². The zero-order valence-corrected chi connectivity index (χ0v) is 12.2. The molecule has 2 heteroatoms. The van der Waals surface area contributed by atoms with Gasteiger partial charge in [-0.2, -0.15) is 0 Å². The number of hydrogen-bond donors (Lipinski definition) is 2. The molecule has 0 saturated heterocycles. The van der Waals surface area contributed by atoms with E-state index in [4.69, 9.17) is 5.11 Å². The lowest BCUT2D eigenvalue weighted by Crippen LogP contribution is -2.24. The Morgan fingerprint density at radius 1 is 1.11 bits per heavy atom. The van der Waals surface area contributed by atoms with E-state index in [1.165, 1.54) is 5.56 Å². The van der Waals surface area contributed by atoms with Crippen LogP contribution in [-0.2, 0) is 11.0 Å². The molecule has 2 N–H and O–H groups in total. The monoisotopic (exact) mass is 250 g/mol. The first-order valence-corrected chi connectivity index (χ1v) is 6.63. The lowest BCUT2D eigenvalue weighted by molar-refractivity contribution is 0.0396. The zero-order chi connectivity index (χ0) is 14.0. The highest BCUT2D eigenvalue weighted by Crippen LogP contribution is 2.32. The molecule has 0 aromatic heterocycles. The molecule has 1 aromatic carbocycles. The molecule has 102 valence electrons. The van der Waals surface area contributed by atoms with Crippen molar-refractivity contribution < 1.29 is 10.2 Å². The molecule has 1 atom stereocenters. The van der Waals surface area contributed by atoms with Gasteiger partial charge in [0, 0.05) is 6.61 Å². The lowest BCUT2D eigenvalue weighted by Gasteiger charge is -2.28. The predicted octanol–water partition coefficient (Wildman–Crippen LogP) is 3.27. The Labute approximate surface area is 111 Å². The summed E-state index contributed by atoms with van der Waals surface area (Å²) in [6, 6.07) is 6.30. The van der Waals surface area contributed by atoms with Crippen molar-refractivity contribution in [1.82, 2.24) is 0 Å². The highest BCUT2D eigenvalue weighted by Gasteiger charge is 2.26. The molecule has 0 saturated carbocycles. The van der Waals surface area contributed by atoms with Crippen LogP contribution >= 0.6 is 0 Å². The lowest BCUT2D eigenvalue weighted by atomic mass is 9.81. The third-order valence-electron chi connectivity index (χ3n) is 3.51. The Hall–Kier alpha value is -0.860. The van der Waals surface area contributed by atoms with Crippen molar-refractivity contribution >= 4 is 0 Å². The SMILES string of the molecule is Cc1ccc(C(C)(C)C)cc1C(C)(O)CCCO. The number of benzene rings is 1.